The molecule has 7 rings (SSSR count). The molecule has 3 N–H and O–H groups in total. The Bertz CT molecular complexity index is 1670. The standard InChI is InChI=1S/C28H29BrFN4O7PS/c29-19-12-41-32-24(19)17-10-33(11-17)28(37)21-3-2-18-7-14-6-15(14)8-20(27(36)34(18)21)31-26(35)23-9-16-5-13(1-4-22(16)43-23)25(30)42(38,39)40/h1,4-5,9,12,14-15,17-18,20-21,25H,2-3,6-8,10-11H2,(H,31,35)(H2,38,39,40)/t14-,15+,18-,20+,21+,25?/m1/s1. The summed E-state index contributed by atoms with van der Waals surface area (Å²) in [6, 6.07) is 4.30. The monoisotopic (exact) mass is 694 g/mol. The van der Waals surface area contributed by atoms with Gasteiger partial charge in [-0.25, -0.2) is 4.39 Å². The topological polar surface area (TPSA) is 153 Å². The van der Waals surface area contributed by atoms with E-state index in [1.807, 2.05) is 0 Å². The Morgan fingerprint density at radius 3 is 2.65 bits per heavy atom. The first-order chi connectivity index (χ1) is 20.5. The summed E-state index contributed by atoms with van der Waals surface area (Å²) in [4.78, 5) is 63.3. The molecule has 1 saturated carbocycles. The van der Waals surface area contributed by atoms with Gasteiger partial charge >= 0.3 is 7.60 Å². The summed E-state index contributed by atoms with van der Waals surface area (Å²) >= 11 is 4.58. The fraction of sp³-hybridized carbons (Fsp3) is 0.500. The Labute approximate surface area is 258 Å². The maximum absolute atomic E-state index is 14.3. The Morgan fingerprint density at radius 2 is 1.93 bits per heavy atom. The highest BCUT2D eigenvalue weighted by Crippen LogP contribution is 2.53. The molecule has 5 heterocycles. The number of alkyl halides is 1. The number of halogens is 2. The number of aromatic nitrogens is 1. The van der Waals surface area contributed by atoms with E-state index in [2.05, 4.69) is 26.4 Å². The third-order valence-corrected chi connectivity index (χ3v) is 11.9. The largest absolute Gasteiger partial charge is 0.363 e. The first kappa shape index (κ1) is 29.1. The molecule has 43 heavy (non-hydrogen) atoms. The molecule has 1 aliphatic carbocycles. The van der Waals surface area contributed by atoms with Crippen LogP contribution in [0.4, 0.5) is 4.39 Å². The predicted molar refractivity (Wildman–Crippen MR) is 157 cm³/mol. The van der Waals surface area contributed by atoms with E-state index in [-0.39, 0.29) is 29.3 Å². The van der Waals surface area contributed by atoms with Crippen molar-refractivity contribution < 1.29 is 37.6 Å². The van der Waals surface area contributed by atoms with Crippen LogP contribution in [-0.4, -0.2) is 73.7 Å². The first-order valence-electron chi connectivity index (χ1n) is 14.2. The fourth-order valence-corrected chi connectivity index (χ4v) is 8.90. The Balaban J connectivity index is 1.07. The summed E-state index contributed by atoms with van der Waals surface area (Å²) in [5, 5.41) is 7.43. The van der Waals surface area contributed by atoms with Gasteiger partial charge in [-0.1, -0.05) is 11.2 Å². The van der Waals surface area contributed by atoms with E-state index in [1.54, 1.807) is 9.80 Å². The minimum absolute atomic E-state index is 0.0386. The number of fused-ring (bicyclic) bond motifs is 3. The lowest BCUT2D eigenvalue weighted by Gasteiger charge is -2.42. The van der Waals surface area contributed by atoms with Crippen LogP contribution in [0.3, 0.4) is 0 Å². The Kier molecular flexibility index (Phi) is 7.28. The summed E-state index contributed by atoms with van der Waals surface area (Å²) in [6.07, 6.45) is 5.23. The molecule has 15 heteroatoms. The van der Waals surface area contributed by atoms with E-state index in [1.165, 1.54) is 30.5 Å². The number of rotatable bonds is 6. The maximum Gasteiger partial charge on any atom is 0.363 e. The van der Waals surface area contributed by atoms with Crippen LogP contribution < -0.4 is 5.32 Å². The van der Waals surface area contributed by atoms with Crippen LogP contribution in [0.5, 0.6) is 0 Å². The van der Waals surface area contributed by atoms with Crippen LogP contribution in [0.15, 0.2) is 39.5 Å². The van der Waals surface area contributed by atoms with Gasteiger partial charge in [-0.3, -0.25) is 18.9 Å². The van der Waals surface area contributed by atoms with Gasteiger partial charge in [0.1, 0.15) is 24.0 Å². The van der Waals surface area contributed by atoms with Gasteiger partial charge in [0.15, 0.2) is 0 Å². The van der Waals surface area contributed by atoms with Crippen molar-refractivity contribution in [2.45, 2.75) is 62.1 Å². The van der Waals surface area contributed by atoms with Gasteiger partial charge in [-0.05, 0) is 89.0 Å². The van der Waals surface area contributed by atoms with Crippen molar-refractivity contribution in [2.24, 2.45) is 11.8 Å². The Morgan fingerprint density at radius 1 is 1.16 bits per heavy atom. The molecule has 1 unspecified atom stereocenters. The summed E-state index contributed by atoms with van der Waals surface area (Å²) in [5.74, 6) is -2.33. The van der Waals surface area contributed by atoms with E-state index in [0.29, 0.717) is 52.7 Å². The van der Waals surface area contributed by atoms with E-state index in [9.17, 15) is 33.1 Å². The van der Waals surface area contributed by atoms with Crippen LogP contribution in [0, 0.1) is 11.8 Å². The molecule has 4 fully saturated rings. The molecular weight excluding hydrogens is 666 g/mol. The zero-order valence-electron chi connectivity index (χ0n) is 22.8. The Hall–Kier alpha value is -2.64. The second-order valence-electron chi connectivity index (χ2n) is 12.1. The highest BCUT2D eigenvalue weighted by Gasteiger charge is 2.52. The third kappa shape index (κ3) is 5.35. The molecule has 2 aromatic heterocycles. The van der Waals surface area contributed by atoms with Gasteiger partial charge < -0.3 is 29.4 Å². The van der Waals surface area contributed by atoms with Crippen LogP contribution in [0.1, 0.15) is 64.9 Å². The normalized spacial score (nSPS) is 28.1. The lowest BCUT2D eigenvalue weighted by molar-refractivity contribution is -0.149. The number of likely N-dealkylation sites (tertiary alicyclic amines) is 1. The number of benzene rings is 1. The molecule has 4 aliphatic rings. The van der Waals surface area contributed by atoms with E-state index >= 15 is 0 Å². The number of hydrogen-bond donors (Lipinski definition) is 3. The van der Waals surface area contributed by atoms with Gasteiger partial charge in [-0.15, -0.1) is 11.3 Å². The molecule has 3 aromatic rings. The van der Waals surface area contributed by atoms with Crippen molar-refractivity contribution in [3.05, 3.63) is 51.1 Å². The maximum atomic E-state index is 14.3. The van der Waals surface area contributed by atoms with Gasteiger partial charge in [0.25, 0.3) is 5.91 Å². The van der Waals surface area contributed by atoms with E-state index in [0.717, 1.165) is 40.8 Å². The molecule has 6 atom stereocenters. The number of carbonyl (C=O) groups is 3. The molecule has 228 valence electrons. The van der Waals surface area contributed by atoms with Gasteiger partial charge in [0.05, 0.1) is 9.35 Å². The summed E-state index contributed by atoms with van der Waals surface area (Å²) in [5.41, 5.74) is 0.612. The van der Waals surface area contributed by atoms with Crippen molar-refractivity contribution in [3.8, 4) is 0 Å². The molecule has 0 spiro atoms. The highest BCUT2D eigenvalue weighted by atomic mass is 79.9. The van der Waals surface area contributed by atoms with E-state index in [4.69, 9.17) is 4.52 Å². The second-order valence-corrected chi connectivity index (χ2v) is 15.6. The minimum atomic E-state index is -4.97. The van der Waals surface area contributed by atoms with Crippen molar-refractivity contribution in [1.29, 1.82) is 0 Å². The molecule has 1 aromatic carbocycles. The quantitative estimate of drug-likeness (QED) is 0.323. The van der Waals surface area contributed by atoms with Gasteiger partial charge in [-0.2, -0.15) is 0 Å². The highest BCUT2D eigenvalue weighted by molar-refractivity contribution is 9.10. The van der Waals surface area contributed by atoms with Crippen LogP contribution in [0.25, 0.3) is 10.1 Å². The van der Waals surface area contributed by atoms with E-state index < -0.39 is 31.5 Å². The first-order valence-corrected chi connectivity index (χ1v) is 17.5. The average molecular weight is 696 g/mol. The molecule has 3 saturated heterocycles. The minimum Gasteiger partial charge on any atom is -0.363 e. The molecule has 11 nitrogen and oxygen atoms in total. The predicted octanol–water partition coefficient (Wildman–Crippen LogP) is 4.31. The van der Waals surface area contributed by atoms with Crippen LogP contribution in [0.2, 0.25) is 0 Å². The second kappa shape index (κ2) is 10.8. The van der Waals surface area contributed by atoms with Crippen LogP contribution in [-0.2, 0) is 14.2 Å². The molecule has 3 amide bonds. The van der Waals surface area contributed by atoms with Crippen molar-refractivity contribution in [1.82, 2.24) is 20.3 Å². The molecular formula is C28H29BrFN4O7PS. The SMILES string of the molecule is O=C(N[C@H]1C[C@@H]2C[C@@H]2C[C@H]2CC[C@@H](C(=O)N3CC(c4nocc4Br)C3)N2C1=O)c1cc2cc(C(F)P(=O)(O)O)ccc2s1. The number of hydrogen-bond acceptors (Lipinski definition) is 7. The zero-order valence-corrected chi connectivity index (χ0v) is 26.1. The third-order valence-electron chi connectivity index (χ3n) is 9.29. The summed E-state index contributed by atoms with van der Waals surface area (Å²) in [7, 11) is -4.97. The van der Waals surface area contributed by atoms with Crippen molar-refractivity contribution >= 4 is 62.7 Å². The number of nitrogens with zero attached hydrogens (tertiary/aromatic N) is 3. The summed E-state index contributed by atoms with van der Waals surface area (Å²) in [6.45, 7) is 1.01. The smallest absolute Gasteiger partial charge is 0.363 e. The van der Waals surface area contributed by atoms with Crippen molar-refractivity contribution in [3.63, 3.8) is 0 Å². The number of amides is 3. The zero-order chi connectivity index (χ0) is 30.2. The lowest BCUT2D eigenvalue weighted by atomic mass is 9.95. The number of thiophene rings is 1. The van der Waals surface area contributed by atoms with Gasteiger partial charge in [0, 0.05) is 29.7 Å². The number of carbonyl (C=O) groups excluding carboxylic acids is 3. The number of nitrogens with one attached hydrogen (secondary N) is 1. The van der Waals surface area contributed by atoms with Crippen LogP contribution >= 0.6 is 34.9 Å². The summed E-state index contributed by atoms with van der Waals surface area (Å²) < 4.78 is 32.1. The fourth-order valence-electron chi connectivity index (χ4n) is 6.92. The lowest BCUT2D eigenvalue weighted by Crippen LogP contribution is -2.59. The molecule has 3 aliphatic heterocycles. The molecule has 0 radical (unpaired) electrons. The average Bonchev–Trinajstić information content (AvgIpc) is 3.27. The van der Waals surface area contributed by atoms with Gasteiger partial charge in [0.2, 0.25) is 17.7 Å². The van der Waals surface area contributed by atoms with Crippen molar-refractivity contribution in [2.75, 3.05) is 13.1 Å². The molecule has 0 bridgehead atoms.